The van der Waals surface area contributed by atoms with Gasteiger partial charge in [0.1, 0.15) is 12.6 Å². The molecule has 6 heteroatoms. The summed E-state index contributed by atoms with van der Waals surface area (Å²) in [4.78, 5) is 35.1. The number of ether oxygens (including phenoxy) is 1. The van der Waals surface area contributed by atoms with E-state index in [9.17, 15) is 14.4 Å². The maximum Gasteiger partial charge on any atom is 0.322 e. The third kappa shape index (κ3) is 43.0. The number of carbonyl (C=O) groups is 3. The number of carboxylic acids is 1. The number of carboxylic acid groups (broad SMARTS) is 1. The van der Waals surface area contributed by atoms with E-state index in [0.29, 0.717) is 12.8 Å². The van der Waals surface area contributed by atoms with E-state index in [4.69, 9.17) is 9.84 Å². The van der Waals surface area contributed by atoms with Crippen LogP contribution in [0.25, 0.3) is 0 Å². The minimum Gasteiger partial charge on any atom is -0.480 e. The number of aliphatic carboxylic acids is 1. The summed E-state index contributed by atoms with van der Waals surface area (Å²) in [6, 6.07) is 0. The second-order valence-corrected chi connectivity index (χ2v) is 16.4. The fraction of sp³-hybridized carbons (Fsp3) is 0.936. The first-order valence-electron chi connectivity index (χ1n) is 23.7. The molecule has 0 heterocycles. The number of amides is 1. The molecule has 0 saturated heterocycles. The van der Waals surface area contributed by atoms with E-state index in [0.717, 1.165) is 64.2 Å². The quantitative estimate of drug-likeness (QED) is 0.0478. The molecule has 0 spiro atoms. The third-order valence-electron chi connectivity index (χ3n) is 11.0. The average molecular weight is 750 g/mol. The SMILES string of the molecule is CCCCCCCCCCCCCCCCCCC(=O)OC(CCCCCCCCCCCCCCCCC)CCCCCCCC(=O)NCC(=O)O. The monoisotopic (exact) mass is 750 g/mol. The fourth-order valence-electron chi connectivity index (χ4n) is 7.52. The summed E-state index contributed by atoms with van der Waals surface area (Å²) >= 11 is 0. The van der Waals surface area contributed by atoms with E-state index in [1.165, 1.54) is 180 Å². The van der Waals surface area contributed by atoms with Crippen LogP contribution in [-0.2, 0) is 19.1 Å². The first-order chi connectivity index (χ1) is 26.0. The summed E-state index contributed by atoms with van der Waals surface area (Å²) in [6.07, 6.45) is 49.5. The Morgan fingerprint density at radius 1 is 0.415 bits per heavy atom. The van der Waals surface area contributed by atoms with Crippen LogP contribution in [-0.4, -0.2) is 35.6 Å². The van der Waals surface area contributed by atoms with Gasteiger partial charge in [-0.05, 0) is 38.5 Å². The van der Waals surface area contributed by atoms with Crippen molar-refractivity contribution in [2.45, 2.75) is 277 Å². The molecule has 0 fully saturated rings. The molecule has 0 aromatic rings. The fourth-order valence-corrected chi connectivity index (χ4v) is 7.52. The second-order valence-electron chi connectivity index (χ2n) is 16.4. The van der Waals surface area contributed by atoms with E-state index >= 15 is 0 Å². The Hall–Kier alpha value is -1.59. The minimum absolute atomic E-state index is 0.00584. The number of unbranched alkanes of at least 4 members (excludes halogenated alkanes) is 33. The van der Waals surface area contributed by atoms with Crippen LogP contribution >= 0.6 is 0 Å². The van der Waals surface area contributed by atoms with Crippen LogP contribution in [0.5, 0.6) is 0 Å². The molecule has 0 saturated carbocycles. The Labute approximate surface area is 329 Å². The maximum atomic E-state index is 12.8. The lowest BCUT2D eigenvalue weighted by Crippen LogP contribution is -2.28. The maximum absolute atomic E-state index is 12.8. The van der Waals surface area contributed by atoms with Crippen LogP contribution in [0.1, 0.15) is 271 Å². The molecule has 1 amide bonds. The predicted octanol–water partition coefficient (Wildman–Crippen LogP) is 14.7. The summed E-state index contributed by atoms with van der Waals surface area (Å²) in [7, 11) is 0. The molecule has 314 valence electrons. The molecule has 0 aliphatic carbocycles. The molecule has 0 radical (unpaired) electrons. The lowest BCUT2D eigenvalue weighted by Gasteiger charge is -2.18. The van der Waals surface area contributed by atoms with Crippen LogP contribution in [0.15, 0.2) is 0 Å². The summed E-state index contributed by atoms with van der Waals surface area (Å²) < 4.78 is 6.06. The van der Waals surface area contributed by atoms with Gasteiger partial charge in [-0.2, -0.15) is 0 Å². The molecule has 0 rings (SSSR count). The van der Waals surface area contributed by atoms with E-state index in [2.05, 4.69) is 19.2 Å². The Balaban J connectivity index is 4.10. The molecule has 0 bridgehead atoms. The van der Waals surface area contributed by atoms with Gasteiger partial charge in [0.15, 0.2) is 0 Å². The zero-order valence-corrected chi connectivity index (χ0v) is 35.6. The molecule has 1 atom stereocenters. The highest BCUT2D eigenvalue weighted by molar-refractivity contribution is 5.80. The van der Waals surface area contributed by atoms with Gasteiger partial charge in [0, 0.05) is 12.8 Å². The molecule has 6 nitrogen and oxygen atoms in total. The first-order valence-corrected chi connectivity index (χ1v) is 23.7. The van der Waals surface area contributed by atoms with Crippen molar-refractivity contribution in [3.63, 3.8) is 0 Å². The smallest absolute Gasteiger partial charge is 0.322 e. The first kappa shape index (κ1) is 51.4. The topological polar surface area (TPSA) is 92.7 Å². The highest BCUT2D eigenvalue weighted by Gasteiger charge is 2.14. The molecular formula is C47H91NO5. The van der Waals surface area contributed by atoms with Crippen molar-refractivity contribution in [1.82, 2.24) is 5.32 Å². The van der Waals surface area contributed by atoms with Crippen molar-refractivity contribution >= 4 is 17.8 Å². The molecular weight excluding hydrogens is 659 g/mol. The Bertz CT molecular complexity index is 787. The zero-order chi connectivity index (χ0) is 38.7. The molecule has 2 N–H and O–H groups in total. The number of nitrogens with one attached hydrogen (secondary N) is 1. The molecule has 0 aliphatic rings. The highest BCUT2D eigenvalue weighted by atomic mass is 16.5. The van der Waals surface area contributed by atoms with Crippen molar-refractivity contribution in [1.29, 1.82) is 0 Å². The zero-order valence-electron chi connectivity index (χ0n) is 35.6. The summed E-state index contributed by atoms with van der Waals surface area (Å²) in [5.74, 6) is -1.20. The number of carbonyl (C=O) groups excluding carboxylic acids is 2. The minimum atomic E-state index is -1.01. The van der Waals surface area contributed by atoms with Gasteiger partial charge < -0.3 is 15.2 Å². The van der Waals surface area contributed by atoms with Gasteiger partial charge in [-0.25, -0.2) is 0 Å². The molecule has 53 heavy (non-hydrogen) atoms. The molecule has 1 unspecified atom stereocenters. The average Bonchev–Trinajstić information content (AvgIpc) is 3.14. The molecule has 0 aromatic carbocycles. The normalized spacial score (nSPS) is 11.9. The van der Waals surface area contributed by atoms with Crippen molar-refractivity contribution in [3.05, 3.63) is 0 Å². The number of hydrogen-bond acceptors (Lipinski definition) is 4. The Morgan fingerprint density at radius 2 is 0.698 bits per heavy atom. The highest BCUT2D eigenvalue weighted by Crippen LogP contribution is 2.20. The number of esters is 1. The van der Waals surface area contributed by atoms with Crippen LogP contribution in [0.2, 0.25) is 0 Å². The van der Waals surface area contributed by atoms with E-state index in [-0.39, 0.29) is 24.5 Å². The van der Waals surface area contributed by atoms with Crippen LogP contribution < -0.4 is 5.32 Å². The van der Waals surface area contributed by atoms with Crippen molar-refractivity contribution in [2.24, 2.45) is 0 Å². The number of hydrogen-bond donors (Lipinski definition) is 2. The van der Waals surface area contributed by atoms with Crippen LogP contribution in [0.3, 0.4) is 0 Å². The van der Waals surface area contributed by atoms with Crippen LogP contribution in [0.4, 0.5) is 0 Å². The van der Waals surface area contributed by atoms with Crippen molar-refractivity contribution < 1.29 is 24.2 Å². The standard InChI is InChI=1S/C47H91NO5/c1-3-5-7-9-11-13-15-17-19-21-23-25-27-29-34-38-42-47(52)53-44(40-36-32-30-33-37-41-45(49)48-43-46(50)51)39-35-31-28-26-24-22-20-18-16-14-12-10-8-6-4-2/h44H,3-43H2,1-2H3,(H,48,49)(H,50,51). The van der Waals surface area contributed by atoms with Gasteiger partial charge in [-0.3, -0.25) is 14.4 Å². The van der Waals surface area contributed by atoms with Gasteiger partial charge in [0.2, 0.25) is 5.91 Å². The molecule has 0 aliphatic heterocycles. The van der Waals surface area contributed by atoms with Crippen molar-refractivity contribution in [3.8, 4) is 0 Å². The third-order valence-corrected chi connectivity index (χ3v) is 11.0. The Kier molecular flexibility index (Phi) is 41.8. The Morgan fingerprint density at radius 3 is 1.02 bits per heavy atom. The van der Waals surface area contributed by atoms with Gasteiger partial charge in [0.05, 0.1) is 0 Å². The van der Waals surface area contributed by atoms with Gasteiger partial charge >= 0.3 is 11.9 Å². The number of rotatable bonds is 44. The largest absolute Gasteiger partial charge is 0.480 e. The lowest BCUT2D eigenvalue weighted by molar-refractivity contribution is -0.150. The lowest BCUT2D eigenvalue weighted by atomic mass is 10.0. The van der Waals surface area contributed by atoms with E-state index in [1.54, 1.807) is 0 Å². The van der Waals surface area contributed by atoms with E-state index in [1.807, 2.05) is 0 Å². The van der Waals surface area contributed by atoms with Gasteiger partial charge in [0.25, 0.3) is 0 Å². The molecule has 0 aromatic heterocycles. The second kappa shape index (κ2) is 43.1. The van der Waals surface area contributed by atoms with Gasteiger partial charge in [-0.1, -0.05) is 219 Å². The summed E-state index contributed by atoms with van der Waals surface area (Å²) in [5, 5.41) is 11.1. The van der Waals surface area contributed by atoms with Gasteiger partial charge in [-0.15, -0.1) is 0 Å². The summed E-state index contributed by atoms with van der Waals surface area (Å²) in [5.41, 5.74) is 0. The van der Waals surface area contributed by atoms with Crippen molar-refractivity contribution in [2.75, 3.05) is 6.54 Å². The van der Waals surface area contributed by atoms with E-state index < -0.39 is 5.97 Å². The van der Waals surface area contributed by atoms with Crippen LogP contribution in [0, 0.1) is 0 Å². The summed E-state index contributed by atoms with van der Waals surface area (Å²) in [6.45, 7) is 4.26. The predicted molar refractivity (Wildman–Crippen MR) is 227 cm³/mol.